The van der Waals surface area contributed by atoms with Gasteiger partial charge in [-0.25, -0.2) is 0 Å². The lowest BCUT2D eigenvalue weighted by Gasteiger charge is -2.36. The Bertz CT molecular complexity index is 459. The van der Waals surface area contributed by atoms with Gasteiger partial charge in [0.2, 0.25) is 5.91 Å². The lowest BCUT2D eigenvalue weighted by molar-refractivity contribution is -0.122. The molecule has 6 heteroatoms. The molecule has 1 aromatic rings. The molecule has 0 aromatic heterocycles. The molecule has 1 aromatic carbocycles. The number of aliphatic hydroxyl groups is 1. The Morgan fingerprint density at radius 1 is 1.29 bits per heavy atom. The third kappa shape index (κ3) is 4.34. The van der Waals surface area contributed by atoms with Gasteiger partial charge < -0.3 is 20.1 Å². The maximum absolute atomic E-state index is 11.6. The van der Waals surface area contributed by atoms with E-state index in [0.29, 0.717) is 13.1 Å². The first kappa shape index (κ1) is 15.6. The molecule has 0 unspecified atom stereocenters. The van der Waals surface area contributed by atoms with Gasteiger partial charge in [0.1, 0.15) is 5.75 Å². The van der Waals surface area contributed by atoms with Crippen LogP contribution in [0.2, 0.25) is 0 Å². The molecule has 0 radical (unpaired) electrons. The fraction of sp³-hybridized carbons (Fsp3) is 0.533. The second kappa shape index (κ2) is 7.85. The van der Waals surface area contributed by atoms with Crippen LogP contribution in [0.1, 0.15) is 0 Å². The van der Waals surface area contributed by atoms with Gasteiger partial charge in [0.15, 0.2) is 0 Å². The van der Waals surface area contributed by atoms with Crippen LogP contribution in [-0.2, 0) is 4.79 Å². The lowest BCUT2D eigenvalue weighted by atomic mass is 10.2. The highest BCUT2D eigenvalue weighted by Gasteiger charge is 2.20. The molecule has 116 valence electrons. The minimum absolute atomic E-state index is 0.0205. The quantitative estimate of drug-likeness (QED) is 0.768. The molecule has 6 nitrogen and oxygen atoms in total. The number of carbonyl (C=O) groups is 1. The van der Waals surface area contributed by atoms with Crippen LogP contribution in [0.5, 0.6) is 5.75 Å². The van der Waals surface area contributed by atoms with E-state index in [4.69, 9.17) is 9.84 Å². The SMILES string of the molecule is COc1ccccc1N1CCN(CC(=O)NCCO)CC1. The highest BCUT2D eigenvalue weighted by atomic mass is 16.5. The first-order chi connectivity index (χ1) is 10.2. The molecule has 0 atom stereocenters. The number of anilines is 1. The first-order valence-electron chi connectivity index (χ1n) is 7.22. The molecule has 1 aliphatic rings. The summed E-state index contributed by atoms with van der Waals surface area (Å²) in [6, 6.07) is 7.99. The van der Waals surface area contributed by atoms with Crippen molar-refractivity contribution in [2.24, 2.45) is 0 Å². The number of aliphatic hydroxyl groups excluding tert-OH is 1. The molecule has 1 fully saturated rings. The maximum atomic E-state index is 11.6. The number of hydrogen-bond donors (Lipinski definition) is 2. The minimum Gasteiger partial charge on any atom is -0.495 e. The number of benzene rings is 1. The number of amides is 1. The second-order valence-corrected chi connectivity index (χ2v) is 5.01. The normalized spacial score (nSPS) is 15.8. The fourth-order valence-corrected chi connectivity index (χ4v) is 2.49. The Hall–Kier alpha value is -1.79. The van der Waals surface area contributed by atoms with E-state index in [0.717, 1.165) is 37.6 Å². The summed E-state index contributed by atoms with van der Waals surface area (Å²) in [6.07, 6.45) is 0. The number of methoxy groups -OCH3 is 1. The summed E-state index contributed by atoms with van der Waals surface area (Å²) in [7, 11) is 1.68. The van der Waals surface area contributed by atoms with Gasteiger partial charge in [-0.1, -0.05) is 12.1 Å². The van der Waals surface area contributed by atoms with E-state index in [1.165, 1.54) is 0 Å². The zero-order valence-electron chi connectivity index (χ0n) is 12.4. The predicted molar refractivity (Wildman–Crippen MR) is 81.7 cm³/mol. The Labute approximate surface area is 125 Å². The van der Waals surface area contributed by atoms with E-state index in [1.54, 1.807) is 7.11 Å². The van der Waals surface area contributed by atoms with Crippen molar-refractivity contribution in [3.8, 4) is 5.75 Å². The van der Waals surface area contributed by atoms with Crippen molar-refractivity contribution in [2.75, 3.05) is 57.9 Å². The smallest absolute Gasteiger partial charge is 0.234 e. The monoisotopic (exact) mass is 293 g/mol. The van der Waals surface area contributed by atoms with E-state index in [1.807, 2.05) is 18.2 Å². The van der Waals surface area contributed by atoms with Crippen molar-refractivity contribution in [3.63, 3.8) is 0 Å². The Balaban J connectivity index is 1.84. The summed E-state index contributed by atoms with van der Waals surface area (Å²) < 4.78 is 5.39. The highest BCUT2D eigenvalue weighted by molar-refractivity contribution is 5.78. The van der Waals surface area contributed by atoms with Crippen LogP contribution in [0.15, 0.2) is 24.3 Å². The maximum Gasteiger partial charge on any atom is 0.234 e. The van der Waals surface area contributed by atoms with Gasteiger partial charge in [0.25, 0.3) is 0 Å². The van der Waals surface area contributed by atoms with Gasteiger partial charge in [-0.15, -0.1) is 0 Å². The van der Waals surface area contributed by atoms with Crippen molar-refractivity contribution in [1.29, 1.82) is 0 Å². The van der Waals surface area contributed by atoms with Crippen molar-refractivity contribution in [1.82, 2.24) is 10.2 Å². The molecule has 1 saturated heterocycles. The number of ether oxygens (including phenoxy) is 1. The van der Waals surface area contributed by atoms with E-state index >= 15 is 0 Å². The van der Waals surface area contributed by atoms with E-state index in [-0.39, 0.29) is 12.5 Å². The molecular weight excluding hydrogens is 270 g/mol. The molecule has 0 spiro atoms. The summed E-state index contributed by atoms with van der Waals surface area (Å²) >= 11 is 0. The summed E-state index contributed by atoms with van der Waals surface area (Å²) in [5.74, 6) is 0.849. The Morgan fingerprint density at radius 3 is 2.67 bits per heavy atom. The summed E-state index contributed by atoms with van der Waals surface area (Å²) in [6.45, 7) is 4.10. The molecule has 1 aliphatic heterocycles. The zero-order valence-corrected chi connectivity index (χ0v) is 12.4. The highest BCUT2D eigenvalue weighted by Crippen LogP contribution is 2.28. The average molecular weight is 293 g/mol. The van der Waals surface area contributed by atoms with Crippen molar-refractivity contribution < 1.29 is 14.6 Å². The Morgan fingerprint density at radius 2 is 2.00 bits per heavy atom. The molecule has 0 bridgehead atoms. The summed E-state index contributed by atoms with van der Waals surface area (Å²) in [5.41, 5.74) is 1.10. The van der Waals surface area contributed by atoms with Crippen LogP contribution >= 0.6 is 0 Å². The third-order valence-corrected chi connectivity index (χ3v) is 3.60. The molecule has 1 amide bonds. The zero-order chi connectivity index (χ0) is 15.1. The van der Waals surface area contributed by atoms with Gasteiger partial charge in [0.05, 0.1) is 25.9 Å². The van der Waals surface area contributed by atoms with Crippen LogP contribution in [0.3, 0.4) is 0 Å². The van der Waals surface area contributed by atoms with Gasteiger partial charge in [0, 0.05) is 32.7 Å². The van der Waals surface area contributed by atoms with E-state index in [2.05, 4.69) is 21.2 Å². The number of rotatable bonds is 6. The van der Waals surface area contributed by atoms with Crippen molar-refractivity contribution >= 4 is 11.6 Å². The van der Waals surface area contributed by atoms with Gasteiger partial charge in [-0.3, -0.25) is 9.69 Å². The number of carbonyl (C=O) groups excluding carboxylic acids is 1. The van der Waals surface area contributed by atoms with Crippen LogP contribution < -0.4 is 15.0 Å². The largest absolute Gasteiger partial charge is 0.495 e. The van der Waals surface area contributed by atoms with E-state index in [9.17, 15) is 4.79 Å². The van der Waals surface area contributed by atoms with Crippen LogP contribution in [0.4, 0.5) is 5.69 Å². The second-order valence-electron chi connectivity index (χ2n) is 5.01. The predicted octanol–water partition coefficient (Wildman–Crippen LogP) is -0.0743. The van der Waals surface area contributed by atoms with Crippen molar-refractivity contribution in [3.05, 3.63) is 24.3 Å². The fourth-order valence-electron chi connectivity index (χ4n) is 2.49. The van der Waals surface area contributed by atoms with Crippen LogP contribution in [-0.4, -0.2) is 68.9 Å². The summed E-state index contributed by atoms with van der Waals surface area (Å²) in [5, 5.41) is 11.4. The van der Waals surface area contributed by atoms with Crippen molar-refractivity contribution in [2.45, 2.75) is 0 Å². The number of nitrogens with zero attached hydrogens (tertiary/aromatic N) is 2. The minimum atomic E-state index is -0.0326. The average Bonchev–Trinajstić information content (AvgIpc) is 2.53. The number of para-hydroxylation sites is 2. The molecule has 2 rings (SSSR count). The lowest BCUT2D eigenvalue weighted by Crippen LogP contribution is -2.49. The third-order valence-electron chi connectivity index (χ3n) is 3.60. The van der Waals surface area contributed by atoms with Crippen LogP contribution in [0.25, 0.3) is 0 Å². The summed E-state index contributed by atoms with van der Waals surface area (Å²) in [4.78, 5) is 16.0. The topological polar surface area (TPSA) is 65.0 Å². The molecule has 0 aliphatic carbocycles. The van der Waals surface area contributed by atoms with Crippen LogP contribution in [0, 0.1) is 0 Å². The molecule has 1 heterocycles. The van der Waals surface area contributed by atoms with Gasteiger partial charge >= 0.3 is 0 Å². The standard InChI is InChI=1S/C15H23N3O3/c1-21-14-5-3-2-4-13(14)18-9-7-17(8-10-18)12-15(20)16-6-11-19/h2-5,19H,6-12H2,1H3,(H,16,20). The Kier molecular flexibility index (Phi) is 5.83. The molecule has 2 N–H and O–H groups in total. The van der Waals surface area contributed by atoms with Gasteiger partial charge in [-0.2, -0.15) is 0 Å². The molecule has 21 heavy (non-hydrogen) atoms. The number of nitrogens with one attached hydrogen (secondary N) is 1. The van der Waals surface area contributed by atoms with E-state index < -0.39 is 0 Å². The number of hydrogen-bond acceptors (Lipinski definition) is 5. The van der Waals surface area contributed by atoms with Gasteiger partial charge in [-0.05, 0) is 12.1 Å². The molecular formula is C15H23N3O3. The first-order valence-corrected chi connectivity index (χ1v) is 7.22. The number of piperazine rings is 1. The molecule has 0 saturated carbocycles.